The number of hydrogen-bond acceptors (Lipinski definition) is 8. The van der Waals surface area contributed by atoms with Gasteiger partial charge in [-0.1, -0.05) is 155 Å². The standard InChI is InChI=1S/C40H79NO7/c1-5-7-9-11-13-15-17-19-21-23-25-27-31-46-38-37(42)35(34-41(44-4)36-30-29-33-45-36)48-40(43-3)39(38)47-32-28-26-24-22-20-18-16-14-12-10-8-6-2/h35-40,42H,5-34H2,1-4H3. The molecule has 1 N–H and O–H groups in total. The van der Waals surface area contributed by atoms with Gasteiger partial charge in [0.15, 0.2) is 6.29 Å². The number of hydrogen-bond donors (Lipinski definition) is 1. The predicted molar refractivity (Wildman–Crippen MR) is 196 cm³/mol. The van der Waals surface area contributed by atoms with E-state index in [1.54, 1.807) is 19.3 Å². The molecule has 0 aromatic heterocycles. The van der Waals surface area contributed by atoms with Crippen molar-refractivity contribution in [2.75, 3.05) is 40.6 Å². The van der Waals surface area contributed by atoms with Crippen LogP contribution in [0.3, 0.4) is 0 Å². The summed E-state index contributed by atoms with van der Waals surface area (Å²) in [4.78, 5) is 5.66. The number of unbranched alkanes of at least 4 members (excludes halogenated alkanes) is 22. The molecule has 48 heavy (non-hydrogen) atoms. The molecule has 6 unspecified atom stereocenters. The molecule has 2 heterocycles. The first-order valence-electron chi connectivity index (χ1n) is 20.7. The highest BCUT2D eigenvalue weighted by atomic mass is 16.7. The van der Waals surface area contributed by atoms with E-state index in [-0.39, 0.29) is 6.23 Å². The lowest BCUT2D eigenvalue weighted by molar-refractivity contribution is -0.323. The number of aliphatic hydroxyl groups excluding tert-OH is 1. The lowest BCUT2D eigenvalue weighted by Gasteiger charge is -2.45. The molecule has 0 spiro atoms. The minimum Gasteiger partial charge on any atom is -0.388 e. The molecule has 286 valence electrons. The topological polar surface area (TPSA) is 78.9 Å². The second kappa shape index (κ2) is 30.3. The molecule has 0 aliphatic carbocycles. The molecule has 2 fully saturated rings. The first-order valence-corrected chi connectivity index (χ1v) is 20.7. The molecule has 6 atom stereocenters. The Morgan fingerprint density at radius 3 is 1.44 bits per heavy atom. The second-order valence-corrected chi connectivity index (χ2v) is 14.5. The summed E-state index contributed by atoms with van der Waals surface area (Å²) < 4.78 is 30.8. The Balaban J connectivity index is 1.75. The van der Waals surface area contributed by atoms with Gasteiger partial charge in [0.05, 0.1) is 13.7 Å². The van der Waals surface area contributed by atoms with Gasteiger partial charge in [-0.3, -0.25) is 4.84 Å². The fraction of sp³-hybridized carbons (Fsp3) is 1.00. The summed E-state index contributed by atoms with van der Waals surface area (Å²) in [5, 5.41) is 13.4. The molecule has 0 saturated carbocycles. The Kier molecular flexibility index (Phi) is 27.7. The van der Waals surface area contributed by atoms with Crippen molar-refractivity contribution in [1.82, 2.24) is 5.06 Å². The first kappa shape index (κ1) is 43.8. The molecule has 8 nitrogen and oxygen atoms in total. The minimum absolute atomic E-state index is 0.132. The van der Waals surface area contributed by atoms with Gasteiger partial charge in [0.2, 0.25) is 0 Å². The molecular weight excluding hydrogens is 606 g/mol. The summed E-state index contributed by atoms with van der Waals surface area (Å²) in [6.07, 6.45) is 30.0. The van der Waals surface area contributed by atoms with Gasteiger partial charge in [0.1, 0.15) is 30.6 Å². The zero-order chi connectivity index (χ0) is 34.5. The predicted octanol–water partition coefficient (Wildman–Crippen LogP) is 9.89. The van der Waals surface area contributed by atoms with Gasteiger partial charge in [-0.05, 0) is 25.7 Å². The average Bonchev–Trinajstić information content (AvgIpc) is 3.64. The summed E-state index contributed by atoms with van der Waals surface area (Å²) >= 11 is 0. The molecule has 2 saturated heterocycles. The second-order valence-electron chi connectivity index (χ2n) is 14.5. The molecule has 2 aliphatic heterocycles. The normalized spacial score (nSPS) is 24.6. The summed E-state index contributed by atoms with van der Waals surface area (Å²) in [7, 11) is 3.29. The Hall–Kier alpha value is -0.320. The van der Waals surface area contributed by atoms with Gasteiger partial charge in [-0.15, -0.1) is 0 Å². The molecule has 0 amide bonds. The number of rotatable bonds is 33. The van der Waals surface area contributed by atoms with Crippen LogP contribution in [0.5, 0.6) is 0 Å². The van der Waals surface area contributed by atoms with E-state index < -0.39 is 30.7 Å². The molecule has 0 aromatic carbocycles. The van der Waals surface area contributed by atoms with E-state index in [0.29, 0.717) is 19.8 Å². The van der Waals surface area contributed by atoms with Crippen molar-refractivity contribution in [3.8, 4) is 0 Å². The van der Waals surface area contributed by atoms with Crippen molar-refractivity contribution in [3.05, 3.63) is 0 Å². The minimum atomic E-state index is -0.861. The van der Waals surface area contributed by atoms with Crippen LogP contribution in [0.1, 0.15) is 181 Å². The third-order valence-electron chi connectivity index (χ3n) is 10.3. The van der Waals surface area contributed by atoms with Gasteiger partial charge < -0.3 is 28.8 Å². The lowest BCUT2D eigenvalue weighted by Crippen LogP contribution is -2.62. The zero-order valence-corrected chi connectivity index (χ0v) is 32.0. The van der Waals surface area contributed by atoms with Crippen LogP contribution in [-0.2, 0) is 28.5 Å². The highest BCUT2D eigenvalue weighted by Crippen LogP contribution is 2.29. The summed E-state index contributed by atoms with van der Waals surface area (Å²) in [6, 6.07) is 0. The first-order chi connectivity index (χ1) is 23.7. The van der Waals surface area contributed by atoms with Crippen molar-refractivity contribution in [1.29, 1.82) is 0 Å². The van der Waals surface area contributed by atoms with E-state index >= 15 is 0 Å². The number of nitrogens with zero attached hydrogens (tertiary/aromatic N) is 1. The van der Waals surface area contributed by atoms with Crippen molar-refractivity contribution < 1.29 is 33.6 Å². The van der Waals surface area contributed by atoms with Crippen LogP contribution >= 0.6 is 0 Å². The van der Waals surface area contributed by atoms with Crippen LogP contribution in [0.15, 0.2) is 0 Å². The highest BCUT2D eigenvalue weighted by molar-refractivity contribution is 4.93. The van der Waals surface area contributed by atoms with Crippen LogP contribution in [0.4, 0.5) is 0 Å². The SMILES string of the molecule is CCCCCCCCCCCCCCOC1C(OC)OC(CN(OC)C2CCCO2)C(O)C1OCCCCCCCCCCCCCC. The summed E-state index contributed by atoms with van der Waals surface area (Å²) in [6.45, 7) is 6.85. The van der Waals surface area contributed by atoms with Crippen LogP contribution in [0.2, 0.25) is 0 Å². The summed E-state index contributed by atoms with van der Waals surface area (Å²) in [5.74, 6) is 0. The molecule has 2 aliphatic rings. The zero-order valence-electron chi connectivity index (χ0n) is 32.0. The maximum Gasteiger partial charge on any atom is 0.186 e. The van der Waals surface area contributed by atoms with E-state index in [1.165, 1.54) is 128 Å². The van der Waals surface area contributed by atoms with Crippen molar-refractivity contribution in [3.63, 3.8) is 0 Å². The molecule has 8 heteroatoms. The van der Waals surface area contributed by atoms with E-state index in [2.05, 4.69) is 13.8 Å². The van der Waals surface area contributed by atoms with Gasteiger partial charge in [0, 0.05) is 26.9 Å². The quantitative estimate of drug-likeness (QED) is 0.0540. The van der Waals surface area contributed by atoms with Gasteiger partial charge in [-0.2, -0.15) is 5.06 Å². The monoisotopic (exact) mass is 686 g/mol. The van der Waals surface area contributed by atoms with E-state index in [4.69, 9.17) is 28.5 Å². The van der Waals surface area contributed by atoms with E-state index in [0.717, 1.165) is 45.1 Å². The Bertz CT molecular complexity index is 694. The van der Waals surface area contributed by atoms with Crippen molar-refractivity contribution >= 4 is 0 Å². The van der Waals surface area contributed by atoms with E-state index in [9.17, 15) is 5.11 Å². The largest absolute Gasteiger partial charge is 0.388 e. The van der Waals surface area contributed by atoms with Crippen molar-refractivity contribution in [2.45, 2.75) is 218 Å². The van der Waals surface area contributed by atoms with Crippen LogP contribution < -0.4 is 0 Å². The Labute approximate surface area is 296 Å². The molecular formula is C40H79NO7. The van der Waals surface area contributed by atoms with Crippen LogP contribution in [-0.4, -0.2) is 87.7 Å². The molecule has 0 aromatic rings. The highest BCUT2D eigenvalue weighted by Gasteiger charge is 2.48. The molecule has 2 rings (SSSR count). The smallest absolute Gasteiger partial charge is 0.186 e. The van der Waals surface area contributed by atoms with Crippen LogP contribution in [0, 0.1) is 0 Å². The number of hydroxylamine groups is 2. The van der Waals surface area contributed by atoms with Crippen LogP contribution in [0.25, 0.3) is 0 Å². The molecule has 0 radical (unpaired) electrons. The Morgan fingerprint density at radius 1 is 0.604 bits per heavy atom. The third-order valence-corrected chi connectivity index (χ3v) is 10.3. The number of ether oxygens (including phenoxy) is 5. The fourth-order valence-electron chi connectivity index (χ4n) is 7.20. The van der Waals surface area contributed by atoms with Gasteiger partial charge in [-0.25, -0.2) is 0 Å². The van der Waals surface area contributed by atoms with Crippen molar-refractivity contribution in [2.24, 2.45) is 0 Å². The van der Waals surface area contributed by atoms with Gasteiger partial charge >= 0.3 is 0 Å². The maximum absolute atomic E-state index is 11.6. The average molecular weight is 686 g/mol. The van der Waals surface area contributed by atoms with Gasteiger partial charge in [0.25, 0.3) is 0 Å². The maximum atomic E-state index is 11.6. The number of methoxy groups -OCH3 is 1. The van der Waals surface area contributed by atoms with E-state index in [1.807, 2.05) is 0 Å². The molecule has 0 bridgehead atoms. The third kappa shape index (κ3) is 19.3. The number of aliphatic hydroxyl groups is 1. The Morgan fingerprint density at radius 2 is 1.04 bits per heavy atom. The summed E-state index contributed by atoms with van der Waals surface area (Å²) in [5.41, 5.74) is 0. The fourth-order valence-corrected chi connectivity index (χ4v) is 7.20. The lowest BCUT2D eigenvalue weighted by atomic mass is 9.97.